The molecule has 0 atom stereocenters. The normalized spacial score (nSPS) is 15.1. The van der Waals surface area contributed by atoms with Crippen LogP contribution in [0.25, 0.3) is 0 Å². The van der Waals surface area contributed by atoms with Crippen molar-refractivity contribution < 1.29 is 22.8 Å². The first kappa shape index (κ1) is 19.1. The lowest BCUT2D eigenvalue weighted by Gasteiger charge is -2.34. The van der Waals surface area contributed by atoms with Crippen LogP contribution in [0.1, 0.15) is 11.4 Å². The maximum Gasteiger partial charge on any atom is 0.435 e. The number of aromatic nitrogens is 3. The second-order valence-corrected chi connectivity index (χ2v) is 6.81. The molecular formula is C15H17F3N6O2S. The molecule has 0 saturated carbocycles. The van der Waals surface area contributed by atoms with Gasteiger partial charge in [-0.05, 0) is 13.0 Å². The van der Waals surface area contributed by atoms with E-state index >= 15 is 0 Å². The van der Waals surface area contributed by atoms with Gasteiger partial charge >= 0.3 is 6.18 Å². The van der Waals surface area contributed by atoms with Gasteiger partial charge in [0.2, 0.25) is 12.3 Å². The number of carbonyl (C=O) groups excluding carboxylic acids is 2. The van der Waals surface area contributed by atoms with Gasteiger partial charge in [0, 0.05) is 37.3 Å². The Bertz CT molecular complexity index is 826. The molecule has 146 valence electrons. The Balaban J connectivity index is 1.57. The van der Waals surface area contributed by atoms with Gasteiger partial charge < -0.3 is 15.1 Å². The number of alkyl halides is 3. The number of piperazine rings is 1. The molecule has 3 heterocycles. The fraction of sp³-hybridized carbons (Fsp3) is 0.467. The number of hydrogen-bond donors (Lipinski definition) is 1. The van der Waals surface area contributed by atoms with E-state index in [4.69, 9.17) is 0 Å². The number of hydrogen-bond acceptors (Lipinski definition) is 6. The zero-order valence-corrected chi connectivity index (χ0v) is 15.2. The monoisotopic (exact) mass is 402 g/mol. The number of aryl methyl sites for hydroxylation is 1. The highest BCUT2D eigenvalue weighted by molar-refractivity contribution is 7.14. The van der Waals surface area contributed by atoms with Gasteiger partial charge in [0.25, 0.3) is 0 Å². The Labute approximate surface area is 156 Å². The number of amides is 2. The predicted molar refractivity (Wildman–Crippen MR) is 92.6 cm³/mol. The van der Waals surface area contributed by atoms with Gasteiger partial charge in [-0.1, -0.05) is 0 Å². The molecule has 1 N–H and O–H groups in total. The highest BCUT2D eigenvalue weighted by Crippen LogP contribution is 2.28. The van der Waals surface area contributed by atoms with E-state index in [0.717, 1.165) is 15.9 Å². The Morgan fingerprint density at radius 3 is 2.63 bits per heavy atom. The van der Waals surface area contributed by atoms with Crippen molar-refractivity contribution >= 4 is 34.6 Å². The third-order valence-electron chi connectivity index (χ3n) is 4.16. The maximum absolute atomic E-state index is 12.7. The topological polar surface area (TPSA) is 83.4 Å². The molecule has 2 amide bonds. The second kappa shape index (κ2) is 7.55. The molecule has 0 spiro atoms. The molecule has 8 nitrogen and oxygen atoms in total. The minimum Gasteiger partial charge on any atom is -0.344 e. The van der Waals surface area contributed by atoms with Gasteiger partial charge in [0.05, 0.1) is 0 Å². The fourth-order valence-electron chi connectivity index (χ4n) is 2.72. The van der Waals surface area contributed by atoms with Crippen molar-refractivity contribution in [3.8, 4) is 0 Å². The van der Waals surface area contributed by atoms with Crippen LogP contribution >= 0.6 is 11.3 Å². The summed E-state index contributed by atoms with van der Waals surface area (Å²) in [6.45, 7) is 3.22. The molecule has 0 aliphatic carbocycles. The maximum atomic E-state index is 12.7. The summed E-state index contributed by atoms with van der Waals surface area (Å²) < 4.78 is 39.2. The molecule has 1 aliphatic heterocycles. The first-order valence-corrected chi connectivity index (χ1v) is 8.96. The second-order valence-electron chi connectivity index (χ2n) is 5.97. The molecule has 0 radical (unpaired) electrons. The van der Waals surface area contributed by atoms with E-state index in [1.54, 1.807) is 10.3 Å². The van der Waals surface area contributed by atoms with Crippen molar-refractivity contribution in [1.29, 1.82) is 0 Å². The van der Waals surface area contributed by atoms with E-state index in [-0.39, 0.29) is 18.1 Å². The number of carbonyl (C=O) groups is 2. The fourth-order valence-corrected chi connectivity index (χ4v) is 3.54. The zero-order chi connectivity index (χ0) is 19.6. The van der Waals surface area contributed by atoms with Crippen LogP contribution in [0.4, 0.5) is 24.1 Å². The molecule has 2 aromatic rings. The summed E-state index contributed by atoms with van der Waals surface area (Å²) in [6.07, 6.45) is -3.98. The Hall–Kier alpha value is -2.63. The van der Waals surface area contributed by atoms with Crippen LogP contribution in [0.15, 0.2) is 11.4 Å². The highest BCUT2D eigenvalue weighted by Gasteiger charge is 2.34. The van der Waals surface area contributed by atoms with Gasteiger partial charge in [0.15, 0.2) is 10.8 Å². The van der Waals surface area contributed by atoms with Crippen LogP contribution in [0, 0.1) is 6.92 Å². The lowest BCUT2D eigenvalue weighted by molar-refractivity contribution is -0.142. The number of thiazole rings is 1. The summed E-state index contributed by atoms with van der Waals surface area (Å²) in [7, 11) is 0. The molecule has 0 unspecified atom stereocenters. The van der Waals surface area contributed by atoms with Gasteiger partial charge in [-0.25, -0.2) is 4.98 Å². The van der Waals surface area contributed by atoms with Crippen molar-refractivity contribution in [2.45, 2.75) is 19.6 Å². The van der Waals surface area contributed by atoms with Crippen molar-refractivity contribution in [2.24, 2.45) is 0 Å². The molecular weight excluding hydrogens is 385 g/mol. The number of nitrogens with zero attached hydrogens (tertiary/aromatic N) is 5. The summed E-state index contributed by atoms with van der Waals surface area (Å²) in [5, 5.41) is 8.43. The number of anilines is 2. The number of rotatable bonds is 5. The van der Waals surface area contributed by atoms with Crippen molar-refractivity contribution in [1.82, 2.24) is 19.7 Å². The smallest absolute Gasteiger partial charge is 0.344 e. The van der Waals surface area contributed by atoms with Crippen LogP contribution in [-0.4, -0.2) is 58.2 Å². The lowest BCUT2D eigenvalue weighted by atomic mass is 10.3. The molecule has 2 aromatic heterocycles. The average Bonchev–Trinajstić information content (AvgIpc) is 3.22. The molecule has 1 aliphatic rings. The lowest BCUT2D eigenvalue weighted by Crippen LogP contribution is -2.49. The highest BCUT2D eigenvalue weighted by atomic mass is 32.1. The Kier molecular flexibility index (Phi) is 5.35. The van der Waals surface area contributed by atoms with Crippen molar-refractivity contribution in [3.05, 3.63) is 22.8 Å². The summed E-state index contributed by atoms with van der Waals surface area (Å²) in [5.74, 6) is 0.190. The quantitative estimate of drug-likeness (QED) is 0.768. The molecule has 1 saturated heterocycles. The number of nitrogens with one attached hydrogen (secondary N) is 1. The van der Waals surface area contributed by atoms with E-state index < -0.39 is 11.9 Å². The SMILES string of the molecule is Cc1cc(C(F)(F)F)nn1CC(=O)N1CCN(c2nc(NC=O)cs2)CC1. The summed E-state index contributed by atoms with van der Waals surface area (Å²) in [6, 6.07) is 0.929. The minimum absolute atomic E-state index is 0.230. The molecule has 27 heavy (non-hydrogen) atoms. The first-order chi connectivity index (χ1) is 12.8. The van der Waals surface area contributed by atoms with E-state index in [9.17, 15) is 22.8 Å². The van der Waals surface area contributed by atoms with Crippen LogP contribution in [-0.2, 0) is 22.3 Å². The van der Waals surface area contributed by atoms with Crippen LogP contribution in [0.2, 0.25) is 0 Å². The van der Waals surface area contributed by atoms with Gasteiger partial charge in [-0.15, -0.1) is 11.3 Å². The van der Waals surface area contributed by atoms with Gasteiger partial charge in [-0.2, -0.15) is 18.3 Å². The molecule has 3 rings (SSSR count). The summed E-state index contributed by atoms with van der Waals surface area (Å²) in [5.41, 5.74) is -0.714. The van der Waals surface area contributed by atoms with E-state index in [1.165, 1.54) is 18.3 Å². The average molecular weight is 402 g/mol. The third kappa shape index (κ3) is 4.38. The molecule has 12 heteroatoms. The van der Waals surface area contributed by atoms with Crippen molar-refractivity contribution in [2.75, 3.05) is 36.4 Å². The Morgan fingerprint density at radius 1 is 1.33 bits per heavy atom. The van der Waals surface area contributed by atoms with E-state index in [1.807, 2.05) is 4.90 Å². The third-order valence-corrected chi connectivity index (χ3v) is 5.06. The minimum atomic E-state index is -4.53. The first-order valence-electron chi connectivity index (χ1n) is 8.08. The standard InChI is InChI=1S/C15H17F3N6O2S/c1-10-6-11(15(16,17)18)21-24(10)7-13(26)22-2-4-23(5-3-22)14-20-12(8-27-14)19-9-25/h6,8-9H,2-5,7H2,1H3,(H,19,25). The van der Waals surface area contributed by atoms with E-state index in [2.05, 4.69) is 15.4 Å². The van der Waals surface area contributed by atoms with Crippen LogP contribution < -0.4 is 10.2 Å². The van der Waals surface area contributed by atoms with Crippen LogP contribution in [0.5, 0.6) is 0 Å². The predicted octanol–water partition coefficient (Wildman–Crippen LogP) is 1.58. The van der Waals surface area contributed by atoms with Gasteiger partial charge in [0.1, 0.15) is 12.4 Å². The van der Waals surface area contributed by atoms with Crippen molar-refractivity contribution in [3.63, 3.8) is 0 Å². The molecule has 0 bridgehead atoms. The van der Waals surface area contributed by atoms with Crippen LogP contribution in [0.3, 0.4) is 0 Å². The number of halogens is 3. The van der Waals surface area contributed by atoms with Gasteiger partial charge in [-0.3, -0.25) is 14.3 Å². The zero-order valence-electron chi connectivity index (χ0n) is 14.4. The van der Waals surface area contributed by atoms with E-state index in [0.29, 0.717) is 38.4 Å². The summed E-state index contributed by atoms with van der Waals surface area (Å²) in [4.78, 5) is 30.7. The molecule has 1 fully saturated rings. The molecule has 0 aromatic carbocycles. The Morgan fingerprint density at radius 2 is 2.04 bits per heavy atom. The summed E-state index contributed by atoms with van der Waals surface area (Å²) >= 11 is 1.38. The largest absolute Gasteiger partial charge is 0.435 e.